The molecule has 1 aromatic heterocycles. The second kappa shape index (κ2) is 9.38. The lowest BCUT2D eigenvalue weighted by molar-refractivity contribution is 0.0600. The Morgan fingerprint density at radius 2 is 1.79 bits per heavy atom. The summed E-state index contributed by atoms with van der Waals surface area (Å²) in [5.41, 5.74) is 2.60. The van der Waals surface area contributed by atoms with Crippen LogP contribution in [0.3, 0.4) is 0 Å². The predicted molar refractivity (Wildman–Crippen MR) is 126 cm³/mol. The van der Waals surface area contributed by atoms with Crippen molar-refractivity contribution in [1.29, 1.82) is 0 Å². The van der Waals surface area contributed by atoms with Crippen molar-refractivity contribution in [1.82, 2.24) is 0 Å². The maximum Gasteiger partial charge on any atom is 0.337 e. The Bertz CT molecular complexity index is 1390. The third-order valence-corrected chi connectivity index (χ3v) is 5.62. The highest BCUT2D eigenvalue weighted by molar-refractivity contribution is 6.32. The molecule has 4 rings (SSSR count). The molecule has 0 saturated carbocycles. The molecule has 1 heterocycles. The fourth-order valence-corrected chi connectivity index (χ4v) is 3.59. The van der Waals surface area contributed by atoms with Crippen LogP contribution < -0.4 is 14.9 Å². The standard InChI is InChI=1S/C26H21ClO6/c1-15-11-22-20(13-21(15)27)23(28)25(24(33-22)17-7-9-19(30-2)10-8-17)32-14-16-5-4-6-18(12-16)26(29)31-3/h4-13H,14H2,1-3H3. The lowest BCUT2D eigenvalue weighted by Crippen LogP contribution is -2.11. The van der Waals surface area contributed by atoms with E-state index in [1.54, 1.807) is 67.8 Å². The summed E-state index contributed by atoms with van der Waals surface area (Å²) in [5.74, 6) is 0.565. The zero-order chi connectivity index (χ0) is 23.5. The molecule has 4 aromatic rings. The minimum Gasteiger partial charge on any atom is -0.497 e. The van der Waals surface area contributed by atoms with E-state index in [4.69, 9.17) is 30.2 Å². The number of carbonyl (C=O) groups is 1. The normalized spacial score (nSPS) is 10.8. The number of hydrogen-bond acceptors (Lipinski definition) is 6. The van der Waals surface area contributed by atoms with E-state index in [9.17, 15) is 9.59 Å². The molecular formula is C26H21ClO6. The first-order valence-corrected chi connectivity index (χ1v) is 10.5. The maximum absolute atomic E-state index is 13.4. The average Bonchev–Trinajstić information content (AvgIpc) is 2.84. The number of esters is 1. The second-order valence-corrected chi connectivity index (χ2v) is 7.80. The summed E-state index contributed by atoms with van der Waals surface area (Å²) < 4.78 is 22.1. The topological polar surface area (TPSA) is 75.0 Å². The Kier molecular flexibility index (Phi) is 6.38. The summed E-state index contributed by atoms with van der Waals surface area (Å²) in [4.78, 5) is 25.3. The molecule has 0 unspecified atom stereocenters. The van der Waals surface area contributed by atoms with E-state index in [1.165, 1.54) is 7.11 Å². The van der Waals surface area contributed by atoms with E-state index < -0.39 is 5.97 Å². The van der Waals surface area contributed by atoms with Crippen molar-refractivity contribution < 1.29 is 23.4 Å². The summed E-state index contributed by atoms with van der Waals surface area (Å²) in [5, 5.41) is 0.782. The molecule has 0 saturated heterocycles. The van der Waals surface area contributed by atoms with Crippen molar-refractivity contribution in [3.63, 3.8) is 0 Å². The zero-order valence-corrected chi connectivity index (χ0v) is 19.1. The van der Waals surface area contributed by atoms with Gasteiger partial charge in [0, 0.05) is 10.6 Å². The highest BCUT2D eigenvalue weighted by Crippen LogP contribution is 2.34. The van der Waals surface area contributed by atoms with Gasteiger partial charge in [-0.3, -0.25) is 4.79 Å². The van der Waals surface area contributed by atoms with Gasteiger partial charge in [-0.15, -0.1) is 0 Å². The monoisotopic (exact) mass is 464 g/mol. The van der Waals surface area contributed by atoms with Crippen LogP contribution in [0.1, 0.15) is 21.5 Å². The number of fused-ring (bicyclic) bond motifs is 1. The molecule has 3 aromatic carbocycles. The van der Waals surface area contributed by atoms with E-state index in [0.29, 0.717) is 44.2 Å². The molecule has 0 bridgehead atoms. The van der Waals surface area contributed by atoms with Crippen LogP contribution in [0.4, 0.5) is 0 Å². The quantitative estimate of drug-likeness (QED) is 0.336. The second-order valence-electron chi connectivity index (χ2n) is 7.40. The molecule has 168 valence electrons. The minimum atomic E-state index is -0.453. The van der Waals surface area contributed by atoms with Crippen LogP contribution in [0.15, 0.2) is 69.9 Å². The first-order valence-electron chi connectivity index (χ1n) is 10.1. The largest absolute Gasteiger partial charge is 0.497 e. The molecule has 33 heavy (non-hydrogen) atoms. The van der Waals surface area contributed by atoms with Crippen LogP contribution in [-0.2, 0) is 11.3 Å². The summed E-state index contributed by atoms with van der Waals surface area (Å²) >= 11 is 6.26. The molecule has 0 aliphatic rings. The van der Waals surface area contributed by atoms with Crippen molar-refractivity contribution in [2.75, 3.05) is 14.2 Å². The van der Waals surface area contributed by atoms with Gasteiger partial charge in [-0.25, -0.2) is 4.79 Å². The van der Waals surface area contributed by atoms with Gasteiger partial charge in [0.05, 0.1) is 25.2 Å². The van der Waals surface area contributed by atoms with Gasteiger partial charge in [-0.1, -0.05) is 23.7 Å². The van der Waals surface area contributed by atoms with Gasteiger partial charge in [-0.2, -0.15) is 0 Å². The number of aryl methyl sites for hydroxylation is 1. The molecule has 0 N–H and O–H groups in total. The third kappa shape index (κ3) is 4.56. The van der Waals surface area contributed by atoms with Crippen molar-refractivity contribution in [2.45, 2.75) is 13.5 Å². The average molecular weight is 465 g/mol. The van der Waals surface area contributed by atoms with Crippen molar-refractivity contribution in [3.8, 4) is 22.8 Å². The smallest absolute Gasteiger partial charge is 0.337 e. The Balaban J connectivity index is 1.81. The van der Waals surface area contributed by atoms with E-state index in [1.807, 2.05) is 6.92 Å². The third-order valence-electron chi connectivity index (χ3n) is 5.21. The Morgan fingerprint density at radius 3 is 2.48 bits per heavy atom. The number of rotatable bonds is 6. The molecule has 7 heteroatoms. The van der Waals surface area contributed by atoms with Gasteiger partial charge in [0.2, 0.25) is 11.2 Å². The summed E-state index contributed by atoms with van der Waals surface area (Å²) in [7, 11) is 2.90. The number of halogens is 1. The summed E-state index contributed by atoms with van der Waals surface area (Å²) in [6, 6.07) is 17.3. The van der Waals surface area contributed by atoms with Crippen LogP contribution in [0.2, 0.25) is 5.02 Å². The molecular weight excluding hydrogens is 444 g/mol. The van der Waals surface area contributed by atoms with Crippen LogP contribution >= 0.6 is 11.6 Å². The van der Waals surface area contributed by atoms with Gasteiger partial charge in [0.25, 0.3) is 0 Å². The fraction of sp³-hybridized carbons (Fsp3) is 0.154. The minimum absolute atomic E-state index is 0.0455. The summed E-state index contributed by atoms with van der Waals surface area (Å²) in [6.07, 6.45) is 0. The van der Waals surface area contributed by atoms with Gasteiger partial charge >= 0.3 is 5.97 Å². The lowest BCUT2D eigenvalue weighted by atomic mass is 10.1. The van der Waals surface area contributed by atoms with Crippen molar-refractivity contribution >= 4 is 28.5 Å². The molecule has 6 nitrogen and oxygen atoms in total. The molecule has 0 aliphatic heterocycles. The predicted octanol–water partition coefficient (Wildman–Crippen LogP) is 5.80. The number of hydrogen-bond donors (Lipinski definition) is 0. The van der Waals surface area contributed by atoms with Crippen LogP contribution in [0.25, 0.3) is 22.3 Å². The highest BCUT2D eigenvalue weighted by Gasteiger charge is 2.19. The van der Waals surface area contributed by atoms with E-state index in [0.717, 1.165) is 5.56 Å². The molecule has 0 amide bonds. The van der Waals surface area contributed by atoms with Crippen LogP contribution in [0, 0.1) is 6.92 Å². The van der Waals surface area contributed by atoms with Crippen molar-refractivity contribution in [2.24, 2.45) is 0 Å². The molecule has 0 spiro atoms. The fourth-order valence-electron chi connectivity index (χ4n) is 3.42. The van der Waals surface area contributed by atoms with Gasteiger partial charge in [0.15, 0.2) is 5.76 Å². The maximum atomic E-state index is 13.4. The van der Waals surface area contributed by atoms with Gasteiger partial charge in [0.1, 0.15) is 17.9 Å². The van der Waals surface area contributed by atoms with E-state index >= 15 is 0 Å². The van der Waals surface area contributed by atoms with Gasteiger partial charge in [-0.05, 0) is 66.6 Å². The molecule has 0 radical (unpaired) electrons. The Hall–Kier alpha value is -3.77. The van der Waals surface area contributed by atoms with E-state index in [2.05, 4.69) is 0 Å². The number of methoxy groups -OCH3 is 2. The van der Waals surface area contributed by atoms with E-state index in [-0.39, 0.29) is 17.8 Å². The first-order chi connectivity index (χ1) is 15.9. The highest BCUT2D eigenvalue weighted by atomic mass is 35.5. The number of benzene rings is 3. The lowest BCUT2D eigenvalue weighted by Gasteiger charge is -2.13. The molecule has 0 atom stereocenters. The number of carbonyl (C=O) groups excluding carboxylic acids is 1. The number of ether oxygens (including phenoxy) is 3. The van der Waals surface area contributed by atoms with Crippen LogP contribution in [-0.4, -0.2) is 20.2 Å². The zero-order valence-electron chi connectivity index (χ0n) is 18.3. The SMILES string of the molecule is COC(=O)c1cccc(COc2c(-c3ccc(OC)cc3)oc3cc(C)c(Cl)cc3c2=O)c1. The summed E-state index contributed by atoms with van der Waals surface area (Å²) in [6.45, 7) is 1.89. The van der Waals surface area contributed by atoms with Gasteiger partial charge < -0.3 is 18.6 Å². The van der Waals surface area contributed by atoms with Crippen molar-refractivity contribution in [3.05, 3.63) is 92.6 Å². The molecule has 0 fully saturated rings. The molecule has 0 aliphatic carbocycles. The first kappa shape index (κ1) is 22.4. The Morgan fingerprint density at radius 1 is 1.03 bits per heavy atom. The Labute approximate surface area is 195 Å². The van der Waals surface area contributed by atoms with Crippen LogP contribution in [0.5, 0.6) is 11.5 Å².